The van der Waals surface area contributed by atoms with Gasteiger partial charge in [-0.2, -0.15) is 0 Å². The molecule has 66 valence electrons. The lowest BCUT2D eigenvalue weighted by Gasteiger charge is -2.24. The summed E-state index contributed by atoms with van der Waals surface area (Å²) in [5.74, 6) is 1.34. The summed E-state index contributed by atoms with van der Waals surface area (Å²) in [5, 5.41) is 0. The van der Waals surface area contributed by atoms with Gasteiger partial charge in [0.05, 0.1) is 6.61 Å². The largest absolute Gasteiger partial charge is 0.440 e. The van der Waals surface area contributed by atoms with Gasteiger partial charge in [0.25, 0.3) is 8.05 Å². The number of allylic oxidation sites excluding steroid dienone is 2. The molecular formula is C10H17BO. The van der Waals surface area contributed by atoms with Gasteiger partial charge < -0.3 is 4.65 Å². The van der Waals surface area contributed by atoms with Gasteiger partial charge >= 0.3 is 0 Å². The van der Waals surface area contributed by atoms with Crippen LogP contribution in [0.4, 0.5) is 0 Å². The van der Waals surface area contributed by atoms with E-state index in [0.29, 0.717) is 11.8 Å². The van der Waals surface area contributed by atoms with Crippen LogP contribution in [-0.2, 0) is 4.65 Å². The molecular weight excluding hydrogens is 147 g/mol. The first-order chi connectivity index (χ1) is 5.66. The minimum absolute atomic E-state index is 0.667. The van der Waals surface area contributed by atoms with Crippen LogP contribution in [0.1, 0.15) is 20.8 Å². The number of hydrogen-bond donors (Lipinski definition) is 0. The van der Waals surface area contributed by atoms with Crippen LogP contribution in [0.3, 0.4) is 0 Å². The molecule has 0 aromatic rings. The van der Waals surface area contributed by atoms with Crippen molar-refractivity contribution in [1.29, 1.82) is 0 Å². The summed E-state index contributed by atoms with van der Waals surface area (Å²) in [5.41, 5.74) is 2.83. The van der Waals surface area contributed by atoms with E-state index in [1.54, 1.807) is 8.05 Å². The fourth-order valence-corrected chi connectivity index (χ4v) is 1.57. The summed E-state index contributed by atoms with van der Waals surface area (Å²) in [7, 11) is 1.75. The summed E-state index contributed by atoms with van der Waals surface area (Å²) in [6, 6.07) is 0. The number of hydrogen-bond acceptors (Lipinski definition) is 1. The smallest absolute Gasteiger partial charge is 0.257 e. The normalized spacial score (nSPS) is 29.6. The van der Waals surface area contributed by atoms with Crippen molar-refractivity contribution in [3.63, 3.8) is 0 Å². The molecule has 0 aromatic carbocycles. The second-order valence-electron chi connectivity index (χ2n) is 3.65. The molecule has 0 saturated heterocycles. The molecule has 1 nitrogen and oxygen atoms in total. The van der Waals surface area contributed by atoms with E-state index in [1.807, 2.05) is 0 Å². The van der Waals surface area contributed by atoms with Crippen LogP contribution >= 0.6 is 0 Å². The minimum Gasteiger partial charge on any atom is -0.440 e. The molecule has 0 N–H and O–H groups in total. The third kappa shape index (κ3) is 1.81. The van der Waals surface area contributed by atoms with E-state index in [0.717, 1.165) is 6.61 Å². The van der Waals surface area contributed by atoms with E-state index in [1.165, 1.54) is 11.1 Å². The molecule has 2 atom stereocenters. The Morgan fingerprint density at radius 2 is 2.17 bits per heavy atom. The van der Waals surface area contributed by atoms with E-state index in [-0.39, 0.29) is 0 Å². The van der Waals surface area contributed by atoms with Crippen molar-refractivity contribution in [3.8, 4) is 0 Å². The van der Waals surface area contributed by atoms with E-state index in [9.17, 15) is 0 Å². The molecule has 0 heterocycles. The second-order valence-corrected chi connectivity index (χ2v) is 3.65. The van der Waals surface area contributed by atoms with Gasteiger partial charge in [-0.25, -0.2) is 0 Å². The van der Waals surface area contributed by atoms with Crippen LogP contribution in [0.2, 0.25) is 0 Å². The molecule has 0 amide bonds. The van der Waals surface area contributed by atoms with Crippen molar-refractivity contribution in [1.82, 2.24) is 0 Å². The lowest BCUT2D eigenvalue weighted by Crippen LogP contribution is -2.14. The second kappa shape index (κ2) is 3.95. The van der Waals surface area contributed by atoms with Gasteiger partial charge in [0.1, 0.15) is 0 Å². The lowest BCUT2D eigenvalue weighted by molar-refractivity contribution is 0.384. The molecule has 1 aliphatic rings. The molecule has 2 unspecified atom stereocenters. The molecule has 0 fully saturated rings. The monoisotopic (exact) mass is 164 g/mol. The zero-order valence-corrected chi connectivity index (χ0v) is 8.42. The number of rotatable bonds is 2. The average Bonchev–Trinajstić information content (AvgIpc) is 2.07. The van der Waals surface area contributed by atoms with E-state index >= 15 is 0 Å². The standard InChI is InChI=1S/C10H17BO/c1-7-4-5-10(6-12-11)9(3)8(7)2/h4-5,7-8H,6,11H2,1-3H3. The maximum absolute atomic E-state index is 5.13. The van der Waals surface area contributed by atoms with Crippen molar-refractivity contribution in [2.24, 2.45) is 11.8 Å². The molecule has 0 aromatic heterocycles. The topological polar surface area (TPSA) is 9.23 Å². The van der Waals surface area contributed by atoms with Gasteiger partial charge in [-0.3, -0.25) is 0 Å². The Morgan fingerprint density at radius 1 is 1.50 bits per heavy atom. The maximum Gasteiger partial charge on any atom is 0.257 e. The third-order valence-corrected chi connectivity index (χ3v) is 2.88. The van der Waals surface area contributed by atoms with Crippen molar-refractivity contribution in [2.45, 2.75) is 20.8 Å². The molecule has 0 saturated carbocycles. The molecule has 0 spiro atoms. The SMILES string of the molecule is BOCC1=C(C)C(C)C(C)C=C1. The zero-order chi connectivity index (χ0) is 9.14. The molecule has 2 heteroatoms. The van der Waals surface area contributed by atoms with Gasteiger partial charge in [-0.1, -0.05) is 31.6 Å². The van der Waals surface area contributed by atoms with Crippen molar-refractivity contribution < 1.29 is 4.65 Å². The predicted molar refractivity (Wildman–Crippen MR) is 54.7 cm³/mol. The summed E-state index contributed by atoms with van der Waals surface area (Å²) in [6.45, 7) is 7.49. The first-order valence-corrected chi connectivity index (χ1v) is 4.53. The first kappa shape index (κ1) is 9.59. The molecule has 1 aliphatic carbocycles. The van der Waals surface area contributed by atoms with Crippen LogP contribution in [0.15, 0.2) is 23.3 Å². The lowest BCUT2D eigenvalue weighted by atomic mass is 9.82. The first-order valence-electron chi connectivity index (χ1n) is 4.53. The Labute approximate surface area is 75.9 Å². The Morgan fingerprint density at radius 3 is 2.75 bits per heavy atom. The zero-order valence-electron chi connectivity index (χ0n) is 8.42. The van der Waals surface area contributed by atoms with Crippen LogP contribution < -0.4 is 0 Å². The molecule has 0 radical (unpaired) electrons. The maximum atomic E-state index is 5.13. The Kier molecular flexibility index (Phi) is 3.16. The van der Waals surface area contributed by atoms with Crippen molar-refractivity contribution in [2.75, 3.05) is 6.61 Å². The highest BCUT2D eigenvalue weighted by molar-refractivity contribution is 5.98. The summed E-state index contributed by atoms with van der Waals surface area (Å²) in [6.07, 6.45) is 4.47. The van der Waals surface area contributed by atoms with Gasteiger partial charge in [-0.15, -0.1) is 0 Å². The van der Waals surface area contributed by atoms with Gasteiger partial charge in [0.2, 0.25) is 0 Å². The van der Waals surface area contributed by atoms with E-state index in [2.05, 4.69) is 32.9 Å². The van der Waals surface area contributed by atoms with Gasteiger partial charge in [0.15, 0.2) is 0 Å². The highest BCUT2D eigenvalue weighted by Crippen LogP contribution is 2.28. The van der Waals surface area contributed by atoms with Gasteiger partial charge in [0, 0.05) is 0 Å². The highest BCUT2D eigenvalue weighted by atomic mass is 16.4. The Balaban J connectivity index is 2.79. The van der Waals surface area contributed by atoms with E-state index < -0.39 is 0 Å². The third-order valence-electron chi connectivity index (χ3n) is 2.88. The molecule has 0 bridgehead atoms. The van der Waals surface area contributed by atoms with Crippen LogP contribution in [-0.4, -0.2) is 14.7 Å². The van der Waals surface area contributed by atoms with Crippen molar-refractivity contribution in [3.05, 3.63) is 23.3 Å². The predicted octanol–water partition coefficient (Wildman–Crippen LogP) is 1.71. The van der Waals surface area contributed by atoms with Crippen LogP contribution in [0, 0.1) is 11.8 Å². The van der Waals surface area contributed by atoms with Gasteiger partial charge in [-0.05, 0) is 24.3 Å². The fourth-order valence-electron chi connectivity index (χ4n) is 1.57. The molecule has 1 rings (SSSR count). The molecule has 0 aliphatic heterocycles. The fraction of sp³-hybridized carbons (Fsp3) is 0.600. The Bertz CT molecular complexity index is 218. The summed E-state index contributed by atoms with van der Waals surface area (Å²) < 4.78 is 5.13. The van der Waals surface area contributed by atoms with Crippen LogP contribution in [0.5, 0.6) is 0 Å². The molecule has 12 heavy (non-hydrogen) atoms. The Hall–Kier alpha value is -0.495. The minimum atomic E-state index is 0.667. The van der Waals surface area contributed by atoms with Crippen LogP contribution in [0.25, 0.3) is 0 Å². The highest BCUT2D eigenvalue weighted by Gasteiger charge is 2.17. The summed E-state index contributed by atoms with van der Waals surface area (Å²) >= 11 is 0. The quantitative estimate of drug-likeness (QED) is 0.564. The average molecular weight is 164 g/mol. The summed E-state index contributed by atoms with van der Waals surface area (Å²) in [4.78, 5) is 0. The van der Waals surface area contributed by atoms with Crippen molar-refractivity contribution >= 4 is 8.05 Å². The van der Waals surface area contributed by atoms with E-state index in [4.69, 9.17) is 4.65 Å².